The summed E-state index contributed by atoms with van der Waals surface area (Å²) in [4.78, 5) is 58.0. The summed E-state index contributed by atoms with van der Waals surface area (Å²) in [5.74, 6) is 0.175. The van der Waals surface area contributed by atoms with Crippen LogP contribution in [0.25, 0.3) is 0 Å². The van der Waals surface area contributed by atoms with E-state index >= 15 is 0 Å². The van der Waals surface area contributed by atoms with Crippen LogP contribution >= 0.6 is 0 Å². The molecule has 11 nitrogen and oxygen atoms in total. The Morgan fingerprint density at radius 1 is 1.00 bits per heavy atom. The van der Waals surface area contributed by atoms with Crippen molar-refractivity contribution in [2.75, 3.05) is 13.7 Å². The average molecular weight is 647 g/mol. The van der Waals surface area contributed by atoms with Gasteiger partial charge in [-0.25, -0.2) is 4.79 Å². The lowest BCUT2D eigenvalue weighted by molar-refractivity contribution is -0.171. The molecule has 4 fully saturated rings. The van der Waals surface area contributed by atoms with E-state index in [9.17, 15) is 24.3 Å². The van der Waals surface area contributed by atoms with Crippen LogP contribution in [-0.4, -0.2) is 60.9 Å². The van der Waals surface area contributed by atoms with Gasteiger partial charge in [0.2, 0.25) is 0 Å². The maximum Gasteiger partial charge on any atom is 0.509 e. The van der Waals surface area contributed by atoms with Gasteiger partial charge in [-0.1, -0.05) is 33.3 Å². The minimum absolute atomic E-state index is 0.0419. The predicted molar refractivity (Wildman–Crippen MR) is 165 cm³/mol. The largest absolute Gasteiger partial charge is 0.509 e. The Labute approximate surface area is 271 Å². The third kappa shape index (κ3) is 6.30. The number of hydrogen-bond donors (Lipinski definition) is 2. The first-order valence-electron chi connectivity index (χ1n) is 16.4. The molecule has 0 heterocycles. The molecule has 0 aromatic carbocycles. The van der Waals surface area contributed by atoms with Crippen LogP contribution in [0.15, 0.2) is 23.2 Å². The van der Waals surface area contributed by atoms with E-state index in [-0.39, 0.29) is 83.0 Å². The summed E-state index contributed by atoms with van der Waals surface area (Å²) in [5, 5.41) is 16.7. The van der Waals surface area contributed by atoms with Gasteiger partial charge < -0.3 is 29.2 Å². The maximum absolute atomic E-state index is 14.2. The van der Waals surface area contributed by atoms with E-state index in [0.717, 1.165) is 44.9 Å². The molecule has 0 amide bonds. The summed E-state index contributed by atoms with van der Waals surface area (Å²) in [6.07, 6.45) is 8.46. The van der Waals surface area contributed by atoms with Crippen molar-refractivity contribution in [3.63, 3.8) is 0 Å². The smallest absolute Gasteiger partial charge is 0.498 e. The molecule has 11 heteroatoms. The second kappa shape index (κ2) is 13.8. The summed E-state index contributed by atoms with van der Waals surface area (Å²) < 4.78 is 21.0. The van der Waals surface area contributed by atoms with Crippen LogP contribution in [0.3, 0.4) is 0 Å². The maximum atomic E-state index is 14.2. The van der Waals surface area contributed by atoms with Crippen molar-refractivity contribution in [1.82, 2.24) is 0 Å². The molecule has 256 valence electrons. The van der Waals surface area contributed by atoms with Gasteiger partial charge in [-0.05, 0) is 111 Å². The SMILES string of the molecule is CO/C(C)=C(/COC(=O)OC1CCC2(C)C(CCC3(C)C4CCC5(C)CCC(C(=O)O)CC5C4=CC(=O)C32)C1C)OC=O.O=CO. The highest BCUT2D eigenvalue weighted by Crippen LogP contribution is 2.69. The van der Waals surface area contributed by atoms with Gasteiger partial charge in [-0.2, -0.15) is 0 Å². The first-order chi connectivity index (χ1) is 21.7. The van der Waals surface area contributed by atoms with Gasteiger partial charge in [-0.15, -0.1) is 0 Å². The number of ether oxygens (including phenoxy) is 4. The van der Waals surface area contributed by atoms with Gasteiger partial charge in [0.05, 0.1) is 13.0 Å². The summed E-state index contributed by atoms with van der Waals surface area (Å²) >= 11 is 0. The molecule has 0 radical (unpaired) electrons. The lowest BCUT2D eigenvalue weighted by atomic mass is 9.38. The molecule has 5 aliphatic carbocycles. The molecule has 0 aromatic heterocycles. The highest BCUT2D eigenvalue weighted by molar-refractivity contribution is 5.95. The normalized spacial score (nSPS) is 39.9. The Morgan fingerprint density at radius 3 is 2.28 bits per heavy atom. The Bertz CT molecular complexity index is 1270. The van der Waals surface area contributed by atoms with E-state index in [1.165, 1.54) is 12.7 Å². The first-order valence-corrected chi connectivity index (χ1v) is 16.4. The number of carboxylic acid groups (broad SMARTS) is 2. The number of fused-ring (bicyclic) bond motifs is 7. The molecule has 0 bridgehead atoms. The quantitative estimate of drug-likeness (QED) is 0.185. The zero-order valence-electron chi connectivity index (χ0n) is 27.9. The summed E-state index contributed by atoms with van der Waals surface area (Å²) in [6.45, 7) is 10.4. The fourth-order valence-corrected chi connectivity index (χ4v) is 10.4. The van der Waals surface area contributed by atoms with Crippen molar-refractivity contribution >= 4 is 30.9 Å². The summed E-state index contributed by atoms with van der Waals surface area (Å²) in [5.41, 5.74) is 0.899. The molecule has 0 saturated heterocycles. The standard InChI is InChI=1S/C34H48O9.CH2O2/c1-19-23-9-13-34(5)24-8-12-32(3)11-7-21(30(37)38)15-25(32)22(24)16-26(36)29(34)33(23,4)14-10-27(19)43-31(39)41-17-28(42-18-35)20(2)40-6;2-1-3/h16,18-19,21,23-25,27,29H,7-15,17H2,1-6H3,(H,37,38);1H,(H,2,3)/b28-20-;. The third-order valence-corrected chi connectivity index (χ3v) is 12.8. The van der Waals surface area contributed by atoms with Crippen molar-refractivity contribution in [2.24, 2.45) is 51.8 Å². The first kappa shape index (κ1) is 35.5. The van der Waals surface area contributed by atoms with Crippen molar-refractivity contribution in [1.29, 1.82) is 0 Å². The van der Waals surface area contributed by atoms with E-state index < -0.39 is 12.1 Å². The molecule has 5 rings (SSSR count). The molecular formula is C35H50O11. The highest BCUT2D eigenvalue weighted by atomic mass is 16.7. The number of carbonyl (C=O) groups is 5. The predicted octanol–water partition coefficient (Wildman–Crippen LogP) is 6.15. The number of hydrogen-bond acceptors (Lipinski definition) is 9. The van der Waals surface area contributed by atoms with E-state index in [4.69, 9.17) is 28.8 Å². The summed E-state index contributed by atoms with van der Waals surface area (Å²) in [7, 11) is 1.43. The summed E-state index contributed by atoms with van der Waals surface area (Å²) in [6, 6.07) is 0. The van der Waals surface area contributed by atoms with Crippen molar-refractivity contribution in [3.05, 3.63) is 23.2 Å². The van der Waals surface area contributed by atoms with Crippen LogP contribution in [0.4, 0.5) is 4.79 Å². The van der Waals surface area contributed by atoms with Gasteiger partial charge >= 0.3 is 12.1 Å². The zero-order valence-corrected chi connectivity index (χ0v) is 27.9. The Hall–Kier alpha value is -3.37. The molecule has 10 atom stereocenters. The number of allylic oxidation sites excluding steroid dienone is 3. The zero-order chi connectivity index (χ0) is 34.0. The van der Waals surface area contributed by atoms with Gasteiger partial charge in [0.1, 0.15) is 11.9 Å². The van der Waals surface area contributed by atoms with Crippen LogP contribution in [-0.2, 0) is 38.1 Å². The van der Waals surface area contributed by atoms with Gasteiger partial charge in [0.15, 0.2) is 18.1 Å². The van der Waals surface area contributed by atoms with Gasteiger partial charge in [0, 0.05) is 5.92 Å². The van der Waals surface area contributed by atoms with Crippen LogP contribution in [0.5, 0.6) is 0 Å². The molecule has 0 aliphatic heterocycles. The van der Waals surface area contributed by atoms with Crippen LogP contribution < -0.4 is 0 Å². The molecular weight excluding hydrogens is 596 g/mol. The van der Waals surface area contributed by atoms with E-state index in [1.54, 1.807) is 6.92 Å². The van der Waals surface area contributed by atoms with Crippen molar-refractivity contribution < 1.29 is 53.1 Å². The van der Waals surface area contributed by atoms with Crippen LogP contribution in [0, 0.1) is 51.8 Å². The number of methoxy groups -OCH3 is 1. The molecule has 5 aliphatic rings. The molecule has 10 unspecified atom stereocenters. The molecule has 46 heavy (non-hydrogen) atoms. The fraction of sp³-hybridized carbons (Fsp3) is 0.743. The molecule has 0 aromatic rings. The van der Waals surface area contributed by atoms with Gasteiger partial charge in [0.25, 0.3) is 12.9 Å². The number of aliphatic carboxylic acids is 1. The van der Waals surface area contributed by atoms with E-state index in [1.807, 2.05) is 6.08 Å². The minimum Gasteiger partial charge on any atom is -0.498 e. The van der Waals surface area contributed by atoms with Crippen LogP contribution in [0.1, 0.15) is 92.4 Å². The van der Waals surface area contributed by atoms with Crippen LogP contribution in [0.2, 0.25) is 0 Å². The molecule has 0 spiro atoms. The third-order valence-electron chi connectivity index (χ3n) is 12.8. The van der Waals surface area contributed by atoms with E-state index in [2.05, 4.69) is 27.7 Å². The number of carbonyl (C=O) groups excluding carboxylic acids is 3. The molecule has 4 saturated carbocycles. The average Bonchev–Trinajstić information content (AvgIpc) is 2.99. The second-order valence-corrected chi connectivity index (χ2v) is 14.8. The number of ketones is 1. The number of carboxylic acids is 1. The van der Waals surface area contributed by atoms with Crippen molar-refractivity contribution in [2.45, 2.75) is 98.5 Å². The fourth-order valence-electron chi connectivity index (χ4n) is 10.4. The highest BCUT2D eigenvalue weighted by Gasteiger charge is 2.65. The second-order valence-electron chi connectivity index (χ2n) is 14.8. The Morgan fingerprint density at radius 2 is 1.65 bits per heavy atom. The Kier molecular flexibility index (Phi) is 10.6. The Balaban J connectivity index is 0.00000154. The van der Waals surface area contributed by atoms with Crippen molar-refractivity contribution in [3.8, 4) is 0 Å². The monoisotopic (exact) mass is 646 g/mol. The lowest BCUT2D eigenvalue weighted by Crippen LogP contribution is -2.62. The lowest BCUT2D eigenvalue weighted by Gasteiger charge is -2.65. The van der Waals surface area contributed by atoms with Gasteiger partial charge in [-0.3, -0.25) is 19.2 Å². The van der Waals surface area contributed by atoms with E-state index in [0.29, 0.717) is 24.5 Å². The minimum atomic E-state index is -0.823. The molecule has 2 N–H and O–H groups in total. The number of rotatable bonds is 7. The topological polar surface area (TPSA) is 163 Å².